The molecule has 3 rings (SSSR count). The fourth-order valence-corrected chi connectivity index (χ4v) is 3.26. The van der Waals surface area contributed by atoms with E-state index in [0.717, 1.165) is 31.5 Å². The molecule has 1 aliphatic rings. The van der Waals surface area contributed by atoms with Crippen LogP contribution in [0.2, 0.25) is 0 Å². The molecule has 1 unspecified atom stereocenters. The van der Waals surface area contributed by atoms with Crippen LogP contribution in [-0.2, 0) is 4.79 Å². The molecule has 0 aromatic heterocycles. The number of carbonyl (C=O) groups is 1. The second-order valence-electron chi connectivity index (χ2n) is 6.30. The van der Waals surface area contributed by atoms with Crippen molar-refractivity contribution in [3.05, 3.63) is 69.8 Å². The third-order valence-corrected chi connectivity index (χ3v) is 4.54. The first-order valence-corrected chi connectivity index (χ1v) is 8.41. The van der Waals surface area contributed by atoms with Gasteiger partial charge in [0.2, 0.25) is 5.91 Å². The molecule has 1 aliphatic heterocycles. The summed E-state index contributed by atoms with van der Waals surface area (Å²) in [4.78, 5) is 25.8. The Morgan fingerprint density at radius 1 is 1.16 bits per heavy atom. The first-order chi connectivity index (χ1) is 12.1. The number of likely N-dealkylation sites (tertiary alicyclic amines) is 1. The Balaban J connectivity index is 1.86. The van der Waals surface area contributed by atoms with Gasteiger partial charge in [-0.3, -0.25) is 19.8 Å². The number of amides is 1. The maximum Gasteiger partial charge on any atom is 0.274 e. The minimum Gasteiger partial charge on any atom is -0.324 e. The summed E-state index contributed by atoms with van der Waals surface area (Å²) in [5, 5.41) is 14.0. The van der Waals surface area contributed by atoms with Crippen molar-refractivity contribution in [1.82, 2.24) is 4.90 Å². The van der Waals surface area contributed by atoms with Crippen LogP contribution in [0.1, 0.15) is 30.0 Å². The Morgan fingerprint density at radius 2 is 1.84 bits per heavy atom. The summed E-state index contributed by atoms with van der Waals surface area (Å²) in [7, 11) is 0. The number of benzene rings is 2. The third-order valence-electron chi connectivity index (χ3n) is 4.54. The molecule has 1 fully saturated rings. The number of nitro benzene ring substituents is 1. The van der Waals surface area contributed by atoms with Gasteiger partial charge in [0.05, 0.1) is 4.92 Å². The fourth-order valence-electron chi connectivity index (χ4n) is 3.26. The zero-order valence-electron chi connectivity index (χ0n) is 14.1. The zero-order valence-corrected chi connectivity index (χ0v) is 14.1. The van der Waals surface area contributed by atoms with E-state index in [2.05, 4.69) is 10.2 Å². The van der Waals surface area contributed by atoms with E-state index in [9.17, 15) is 14.9 Å². The fraction of sp³-hybridized carbons (Fsp3) is 0.316. The normalized spacial score (nSPS) is 15.7. The molecule has 0 bridgehead atoms. The van der Waals surface area contributed by atoms with E-state index in [1.807, 2.05) is 30.3 Å². The average molecular weight is 339 g/mol. The minimum atomic E-state index is -0.430. The SMILES string of the molecule is Cc1ccc(NC(=O)C(c2ccccc2)N2CCCC2)cc1[N+](=O)[O-]. The molecule has 2 aromatic rings. The first kappa shape index (κ1) is 17.1. The molecule has 1 saturated heterocycles. The summed E-state index contributed by atoms with van der Waals surface area (Å²) in [6.45, 7) is 3.43. The van der Waals surface area contributed by atoms with Gasteiger partial charge in [-0.2, -0.15) is 0 Å². The maximum atomic E-state index is 12.9. The standard InChI is InChI=1S/C19H21N3O3/c1-14-9-10-16(13-17(14)22(24)25)20-19(23)18(21-11-5-6-12-21)15-7-3-2-4-8-15/h2-4,7-10,13,18H,5-6,11-12H2,1H3,(H,20,23). The van der Waals surface area contributed by atoms with E-state index in [1.165, 1.54) is 6.07 Å². The monoisotopic (exact) mass is 339 g/mol. The molecule has 6 heteroatoms. The Kier molecular flexibility index (Phi) is 5.09. The summed E-state index contributed by atoms with van der Waals surface area (Å²) in [6.07, 6.45) is 2.15. The molecule has 25 heavy (non-hydrogen) atoms. The summed E-state index contributed by atoms with van der Waals surface area (Å²) in [5.41, 5.74) is 1.96. The van der Waals surface area contributed by atoms with Crippen LogP contribution in [0.15, 0.2) is 48.5 Å². The molecule has 1 amide bonds. The number of hydrogen-bond acceptors (Lipinski definition) is 4. The molecule has 0 saturated carbocycles. The molecule has 0 radical (unpaired) electrons. The number of anilines is 1. The molecule has 1 heterocycles. The highest BCUT2D eigenvalue weighted by atomic mass is 16.6. The molecule has 130 valence electrons. The summed E-state index contributed by atoms with van der Waals surface area (Å²) < 4.78 is 0. The molecule has 1 atom stereocenters. The van der Waals surface area contributed by atoms with Gasteiger partial charge in [0, 0.05) is 17.3 Å². The number of nitrogens with one attached hydrogen (secondary N) is 1. The van der Waals surface area contributed by atoms with Gasteiger partial charge < -0.3 is 5.32 Å². The molecule has 1 N–H and O–H groups in total. The van der Waals surface area contributed by atoms with Gasteiger partial charge >= 0.3 is 0 Å². The van der Waals surface area contributed by atoms with E-state index in [-0.39, 0.29) is 17.6 Å². The highest BCUT2D eigenvalue weighted by molar-refractivity contribution is 5.95. The van der Waals surface area contributed by atoms with Crippen molar-refractivity contribution < 1.29 is 9.72 Å². The van der Waals surface area contributed by atoms with E-state index in [1.54, 1.807) is 19.1 Å². The van der Waals surface area contributed by atoms with Crippen molar-refractivity contribution in [3.63, 3.8) is 0 Å². The molecule has 0 spiro atoms. The third kappa shape index (κ3) is 3.85. The van der Waals surface area contributed by atoms with Gasteiger partial charge in [-0.15, -0.1) is 0 Å². The van der Waals surface area contributed by atoms with Gasteiger partial charge in [0.25, 0.3) is 5.69 Å². The van der Waals surface area contributed by atoms with Crippen LogP contribution in [0.5, 0.6) is 0 Å². The van der Waals surface area contributed by atoms with Crippen LogP contribution >= 0.6 is 0 Å². The maximum absolute atomic E-state index is 12.9. The average Bonchev–Trinajstić information content (AvgIpc) is 3.11. The number of hydrogen-bond donors (Lipinski definition) is 1. The van der Waals surface area contributed by atoms with Crippen molar-refractivity contribution in [2.75, 3.05) is 18.4 Å². The van der Waals surface area contributed by atoms with Crippen molar-refractivity contribution in [2.24, 2.45) is 0 Å². The predicted molar refractivity (Wildman–Crippen MR) is 96.5 cm³/mol. The zero-order chi connectivity index (χ0) is 17.8. The van der Waals surface area contributed by atoms with Gasteiger partial charge in [-0.1, -0.05) is 36.4 Å². The lowest BCUT2D eigenvalue weighted by atomic mass is 10.0. The van der Waals surface area contributed by atoms with Gasteiger partial charge in [-0.05, 0) is 44.5 Å². The van der Waals surface area contributed by atoms with Gasteiger partial charge in [0.15, 0.2) is 0 Å². The van der Waals surface area contributed by atoms with E-state index in [0.29, 0.717) is 11.3 Å². The van der Waals surface area contributed by atoms with E-state index >= 15 is 0 Å². The Hall–Kier alpha value is -2.73. The molecule has 0 aliphatic carbocycles. The van der Waals surface area contributed by atoms with Crippen LogP contribution < -0.4 is 5.32 Å². The molecular formula is C19H21N3O3. The van der Waals surface area contributed by atoms with Crippen LogP contribution in [0.4, 0.5) is 11.4 Å². The molecule has 2 aromatic carbocycles. The number of nitrogens with zero attached hydrogens (tertiary/aromatic N) is 2. The highest BCUT2D eigenvalue weighted by Gasteiger charge is 2.29. The molecule has 6 nitrogen and oxygen atoms in total. The lowest BCUT2D eigenvalue weighted by Crippen LogP contribution is -2.35. The summed E-state index contributed by atoms with van der Waals surface area (Å²) >= 11 is 0. The Bertz CT molecular complexity index is 771. The van der Waals surface area contributed by atoms with Crippen molar-refractivity contribution >= 4 is 17.3 Å². The largest absolute Gasteiger partial charge is 0.324 e. The van der Waals surface area contributed by atoms with E-state index in [4.69, 9.17) is 0 Å². The summed E-state index contributed by atoms with van der Waals surface area (Å²) in [5.74, 6) is -0.161. The van der Waals surface area contributed by atoms with Gasteiger partial charge in [-0.25, -0.2) is 0 Å². The second-order valence-corrected chi connectivity index (χ2v) is 6.30. The van der Waals surface area contributed by atoms with Gasteiger partial charge in [0.1, 0.15) is 6.04 Å². The van der Waals surface area contributed by atoms with Crippen LogP contribution in [0, 0.1) is 17.0 Å². The lowest BCUT2D eigenvalue weighted by Gasteiger charge is -2.27. The van der Waals surface area contributed by atoms with Crippen molar-refractivity contribution in [2.45, 2.75) is 25.8 Å². The minimum absolute atomic E-state index is 0.00948. The first-order valence-electron chi connectivity index (χ1n) is 8.41. The summed E-state index contributed by atoms with van der Waals surface area (Å²) in [6, 6.07) is 14.0. The van der Waals surface area contributed by atoms with Crippen molar-refractivity contribution in [1.29, 1.82) is 0 Å². The second kappa shape index (κ2) is 7.44. The van der Waals surface area contributed by atoms with Crippen LogP contribution in [0.3, 0.4) is 0 Å². The number of rotatable bonds is 5. The number of carbonyl (C=O) groups excluding carboxylic acids is 1. The Morgan fingerprint density at radius 3 is 2.48 bits per heavy atom. The Labute approximate surface area is 146 Å². The van der Waals surface area contributed by atoms with E-state index < -0.39 is 4.92 Å². The number of nitro groups is 1. The molecular weight excluding hydrogens is 318 g/mol. The predicted octanol–water partition coefficient (Wildman–Crippen LogP) is 3.68. The highest BCUT2D eigenvalue weighted by Crippen LogP contribution is 2.28. The smallest absolute Gasteiger partial charge is 0.274 e. The van der Waals surface area contributed by atoms with Crippen molar-refractivity contribution in [3.8, 4) is 0 Å². The lowest BCUT2D eigenvalue weighted by molar-refractivity contribution is -0.385. The topological polar surface area (TPSA) is 75.5 Å². The number of aryl methyl sites for hydroxylation is 1. The quantitative estimate of drug-likeness (QED) is 0.666. The van der Waals surface area contributed by atoms with Crippen LogP contribution in [0.25, 0.3) is 0 Å². The van der Waals surface area contributed by atoms with Crippen LogP contribution in [-0.4, -0.2) is 28.8 Å².